The second-order valence-corrected chi connectivity index (χ2v) is 8.69. The van der Waals surface area contributed by atoms with Crippen molar-refractivity contribution in [1.29, 1.82) is 0 Å². The zero-order valence-corrected chi connectivity index (χ0v) is 16.7. The number of fused-ring (bicyclic) bond motifs is 1. The number of rotatable bonds is 7. The molecule has 2 aromatic rings. The van der Waals surface area contributed by atoms with Crippen LogP contribution in [0.1, 0.15) is 24.1 Å². The Morgan fingerprint density at radius 3 is 2.46 bits per heavy atom. The summed E-state index contributed by atoms with van der Waals surface area (Å²) in [6, 6.07) is 14.4. The first kappa shape index (κ1) is 20.2. The summed E-state index contributed by atoms with van der Waals surface area (Å²) in [5, 5.41) is 2.85. The molecule has 1 N–H and O–H groups in total. The Kier molecular flexibility index (Phi) is 6.21. The van der Waals surface area contributed by atoms with Gasteiger partial charge in [0.2, 0.25) is 15.9 Å². The van der Waals surface area contributed by atoms with Gasteiger partial charge in [-0.2, -0.15) is 4.31 Å². The van der Waals surface area contributed by atoms with Crippen LogP contribution >= 0.6 is 0 Å². The lowest BCUT2D eigenvalue weighted by atomic mass is 10.1. The SMILES string of the molecule is C[C@H](NC(=O)CN(Cc1ccccc1)S(C)(=O)=O)c1ccc2c(c1)OCCO2. The summed E-state index contributed by atoms with van der Waals surface area (Å²) in [4.78, 5) is 12.5. The summed E-state index contributed by atoms with van der Waals surface area (Å²) in [6.07, 6.45) is 1.10. The van der Waals surface area contributed by atoms with E-state index in [2.05, 4.69) is 5.32 Å². The Bertz CT molecular complexity index is 931. The smallest absolute Gasteiger partial charge is 0.235 e. The molecule has 150 valence electrons. The van der Waals surface area contributed by atoms with Crippen molar-refractivity contribution in [3.05, 3.63) is 59.7 Å². The third-order valence-electron chi connectivity index (χ3n) is 4.43. The van der Waals surface area contributed by atoms with E-state index in [1.54, 1.807) is 0 Å². The van der Waals surface area contributed by atoms with Crippen molar-refractivity contribution in [3.8, 4) is 11.5 Å². The Morgan fingerprint density at radius 1 is 1.11 bits per heavy atom. The second kappa shape index (κ2) is 8.62. The minimum atomic E-state index is -3.53. The van der Waals surface area contributed by atoms with Crippen molar-refractivity contribution in [3.63, 3.8) is 0 Å². The van der Waals surface area contributed by atoms with Crippen LogP contribution in [0.4, 0.5) is 0 Å². The van der Waals surface area contributed by atoms with Crippen LogP contribution in [0.3, 0.4) is 0 Å². The van der Waals surface area contributed by atoms with Gasteiger partial charge in [0, 0.05) is 6.54 Å². The molecule has 3 rings (SSSR count). The average Bonchev–Trinajstić information content (AvgIpc) is 2.67. The molecule has 1 aliphatic rings. The highest BCUT2D eigenvalue weighted by Crippen LogP contribution is 2.32. The van der Waals surface area contributed by atoms with Crippen molar-refractivity contribution >= 4 is 15.9 Å². The van der Waals surface area contributed by atoms with Crippen molar-refractivity contribution < 1.29 is 22.7 Å². The quantitative estimate of drug-likeness (QED) is 0.764. The van der Waals surface area contributed by atoms with Crippen LogP contribution in [0.2, 0.25) is 0 Å². The molecule has 0 fully saturated rings. The van der Waals surface area contributed by atoms with Crippen LogP contribution < -0.4 is 14.8 Å². The number of ether oxygens (including phenoxy) is 2. The van der Waals surface area contributed by atoms with E-state index in [-0.39, 0.29) is 25.0 Å². The molecule has 0 spiro atoms. The van der Waals surface area contributed by atoms with Gasteiger partial charge in [0.1, 0.15) is 13.2 Å². The zero-order valence-electron chi connectivity index (χ0n) is 15.9. The molecule has 2 aromatic carbocycles. The lowest BCUT2D eigenvalue weighted by molar-refractivity contribution is -0.122. The van der Waals surface area contributed by atoms with Gasteiger partial charge in [-0.25, -0.2) is 8.42 Å². The number of nitrogens with zero attached hydrogens (tertiary/aromatic N) is 1. The first-order valence-electron chi connectivity index (χ1n) is 9.01. The number of amides is 1. The molecule has 7 nitrogen and oxygen atoms in total. The van der Waals surface area contributed by atoms with Gasteiger partial charge in [0.05, 0.1) is 18.8 Å². The van der Waals surface area contributed by atoms with Gasteiger partial charge in [-0.05, 0) is 30.2 Å². The third kappa shape index (κ3) is 5.24. The fraction of sp³-hybridized carbons (Fsp3) is 0.350. The number of hydrogen-bond acceptors (Lipinski definition) is 5. The molecule has 0 unspecified atom stereocenters. The van der Waals surface area contributed by atoms with Gasteiger partial charge < -0.3 is 14.8 Å². The molecule has 0 saturated heterocycles. The summed E-state index contributed by atoms with van der Waals surface area (Å²) in [5.41, 5.74) is 1.67. The molecule has 0 aromatic heterocycles. The topological polar surface area (TPSA) is 84.9 Å². The minimum absolute atomic E-state index is 0.144. The number of hydrogen-bond donors (Lipinski definition) is 1. The van der Waals surface area contributed by atoms with Crippen molar-refractivity contribution in [2.45, 2.75) is 19.5 Å². The second-order valence-electron chi connectivity index (χ2n) is 6.71. The van der Waals surface area contributed by atoms with Gasteiger partial charge in [-0.1, -0.05) is 36.4 Å². The lowest BCUT2D eigenvalue weighted by Crippen LogP contribution is -2.40. The monoisotopic (exact) mass is 404 g/mol. The zero-order chi connectivity index (χ0) is 20.1. The summed E-state index contributed by atoms with van der Waals surface area (Å²) in [6.45, 7) is 2.74. The molecular weight excluding hydrogens is 380 g/mol. The van der Waals surface area contributed by atoms with E-state index in [0.29, 0.717) is 24.7 Å². The number of sulfonamides is 1. The van der Waals surface area contributed by atoms with Gasteiger partial charge in [0.25, 0.3) is 0 Å². The molecular formula is C20H24N2O5S. The van der Waals surface area contributed by atoms with Crippen molar-refractivity contribution in [1.82, 2.24) is 9.62 Å². The highest BCUT2D eigenvalue weighted by Gasteiger charge is 2.22. The molecule has 1 heterocycles. The van der Waals surface area contributed by atoms with Crippen LogP contribution in [0.15, 0.2) is 48.5 Å². The lowest BCUT2D eigenvalue weighted by Gasteiger charge is -2.23. The fourth-order valence-corrected chi connectivity index (χ4v) is 3.67. The summed E-state index contributed by atoms with van der Waals surface area (Å²) in [5.74, 6) is 0.954. The van der Waals surface area contributed by atoms with Gasteiger partial charge in [0.15, 0.2) is 11.5 Å². The summed E-state index contributed by atoms with van der Waals surface area (Å²) in [7, 11) is -3.53. The van der Waals surface area contributed by atoms with Crippen LogP contribution in [-0.4, -0.2) is 44.6 Å². The Labute approximate surface area is 165 Å². The van der Waals surface area contributed by atoms with Crippen LogP contribution in [0.5, 0.6) is 11.5 Å². The maximum Gasteiger partial charge on any atom is 0.235 e. The van der Waals surface area contributed by atoms with Gasteiger partial charge in [-0.3, -0.25) is 4.79 Å². The van der Waals surface area contributed by atoms with E-state index in [1.807, 2.05) is 55.5 Å². The molecule has 1 atom stereocenters. The number of benzene rings is 2. The molecule has 0 saturated carbocycles. The third-order valence-corrected chi connectivity index (χ3v) is 5.63. The van der Waals surface area contributed by atoms with Crippen LogP contribution in [-0.2, 0) is 21.4 Å². The van der Waals surface area contributed by atoms with Gasteiger partial charge in [-0.15, -0.1) is 0 Å². The van der Waals surface area contributed by atoms with Crippen molar-refractivity contribution in [2.24, 2.45) is 0 Å². The van der Waals surface area contributed by atoms with E-state index in [4.69, 9.17) is 9.47 Å². The average molecular weight is 404 g/mol. The predicted octanol–water partition coefficient (Wildman–Crippen LogP) is 2.10. The predicted molar refractivity (Wildman–Crippen MR) is 106 cm³/mol. The summed E-state index contributed by atoms with van der Waals surface area (Å²) >= 11 is 0. The van der Waals surface area contributed by atoms with Crippen LogP contribution in [0, 0.1) is 0 Å². The highest BCUT2D eigenvalue weighted by molar-refractivity contribution is 7.88. The van der Waals surface area contributed by atoms with E-state index in [1.165, 1.54) is 0 Å². The largest absolute Gasteiger partial charge is 0.486 e. The molecule has 1 aliphatic heterocycles. The first-order valence-corrected chi connectivity index (χ1v) is 10.9. The van der Waals surface area contributed by atoms with Crippen LogP contribution in [0.25, 0.3) is 0 Å². The Hall–Kier alpha value is -2.58. The van der Waals surface area contributed by atoms with E-state index in [9.17, 15) is 13.2 Å². The number of carbonyl (C=O) groups excluding carboxylic acids is 1. The fourth-order valence-electron chi connectivity index (χ4n) is 2.94. The van der Waals surface area contributed by atoms with E-state index < -0.39 is 10.0 Å². The molecule has 0 radical (unpaired) electrons. The minimum Gasteiger partial charge on any atom is -0.486 e. The van der Waals surface area contributed by atoms with E-state index >= 15 is 0 Å². The standard InChI is InChI=1S/C20H24N2O5S/c1-15(17-8-9-18-19(12-17)27-11-10-26-18)21-20(23)14-22(28(2,24)25)13-16-6-4-3-5-7-16/h3-9,12,15H,10-11,13-14H2,1-2H3,(H,21,23)/t15-/m0/s1. The summed E-state index contributed by atoms with van der Waals surface area (Å²) < 4.78 is 36.4. The molecule has 8 heteroatoms. The Morgan fingerprint density at radius 2 is 1.79 bits per heavy atom. The molecule has 28 heavy (non-hydrogen) atoms. The maximum absolute atomic E-state index is 12.5. The number of nitrogens with one attached hydrogen (secondary N) is 1. The first-order chi connectivity index (χ1) is 13.3. The normalized spacial score (nSPS) is 14.5. The van der Waals surface area contributed by atoms with E-state index in [0.717, 1.165) is 21.7 Å². The molecule has 0 bridgehead atoms. The highest BCUT2D eigenvalue weighted by atomic mass is 32.2. The Balaban J connectivity index is 1.65. The van der Waals surface area contributed by atoms with Gasteiger partial charge >= 0.3 is 0 Å². The number of carbonyl (C=O) groups is 1. The molecule has 1 amide bonds. The molecule has 0 aliphatic carbocycles. The maximum atomic E-state index is 12.5. The van der Waals surface area contributed by atoms with Crippen molar-refractivity contribution in [2.75, 3.05) is 26.0 Å².